The summed E-state index contributed by atoms with van der Waals surface area (Å²) in [4.78, 5) is 26.2. The summed E-state index contributed by atoms with van der Waals surface area (Å²) in [5.74, 6) is -0.650. The maximum atomic E-state index is 12.0. The molecule has 0 aliphatic rings. The number of phenolic OH excluding ortho intramolecular Hbond substituents is 1. The fraction of sp³-hybridized carbons (Fsp3) is 0.333. The minimum atomic E-state index is -0.411. The van der Waals surface area contributed by atoms with Crippen molar-refractivity contribution < 1.29 is 14.7 Å². The summed E-state index contributed by atoms with van der Waals surface area (Å²) in [6.07, 6.45) is 0. The Morgan fingerprint density at radius 2 is 1.89 bits per heavy atom. The lowest BCUT2D eigenvalue weighted by Crippen LogP contribution is -2.37. The van der Waals surface area contributed by atoms with Crippen molar-refractivity contribution in [1.82, 2.24) is 9.80 Å². The first kappa shape index (κ1) is 14.3. The minimum absolute atomic E-state index is 0.0438. The Balaban J connectivity index is 2.87. The molecule has 0 aromatic heterocycles. The summed E-state index contributed by atoms with van der Waals surface area (Å²) in [7, 11) is 4.73. The van der Waals surface area contributed by atoms with Gasteiger partial charge in [0.25, 0.3) is 5.91 Å². The molecule has 0 atom stereocenters. The van der Waals surface area contributed by atoms with Crippen LogP contribution in [0, 0.1) is 0 Å². The molecule has 18 heavy (non-hydrogen) atoms. The zero-order valence-electron chi connectivity index (χ0n) is 10.5. The number of carbonyl (C=O) groups is 2. The number of hydrogen-bond donors (Lipinski definition) is 1. The first-order valence-electron chi connectivity index (χ1n) is 5.27. The molecule has 98 valence electrons. The highest BCUT2D eigenvalue weighted by atomic mass is 35.5. The summed E-state index contributed by atoms with van der Waals surface area (Å²) in [5.41, 5.74) is 0.172. The van der Waals surface area contributed by atoms with Crippen LogP contribution in [0.4, 0.5) is 0 Å². The number of amides is 2. The van der Waals surface area contributed by atoms with E-state index in [1.165, 1.54) is 35.0 Å². The molecule has 1 aromatic rings. The van der Waals surface area contributed by atoms with E-state index in [0.717, 1.165) is 0 Å². The maximum absolute atomic E-state index is 12.0. The zero-order valence-corrected chi connectivity index (χ0v) is 11.2. The average molecular weight is 271 g/mol. The molecule has 2 amide bonds. The summed E-state index contributed by atoms with van der Waals surface area (Å²) >= 11 is 5.88. The van der Waals surface area contributed by atoms with Gasteiger partial charge in [-0.2, -0.15) is 0 Å². The fourth-order valence-electron chi connectivity index (χ4n) is 1.30. The highest BCUT2D eigenvalue weighted by Crippen LogP contribution is 2.22. The van der Waals surface area contributed by atoms with Gasteiger partial charge in [0.15, 0.2) is 0 Å². The molecule has 5 nitrogen and oxygen atoms in total. The molecule has 0 unspecified atom stereocenters. The number of rotatable bonds is 3. The molecule has 0 fully saturated rings. The van der Waals surface area contributed by atoms with E-state index in [2.05, 4.69) is 0 Å². The molecule has 0 heterocycles. The van der Waals surface area contributed by atoms with Gasteiger partial charge in [0.1, 0.15) is 5.75 Å². The average Bonchev–Trinajstić information content (AvgIpc) is 2.31. The Morgan fingerprint density at radius 3 is 2.44 bits per heavy atom. The lowest BCUT2D eigenvalue weighted by Gasteiger charge is -2.19. The van der Waals surface area contributed by atoms with Crippen LogP contribution in [0.25, 0.3) is 0 Å². The van der Waals surface area contributed by atoms with Gasteiger partial charge in [-0.1, -0.05) is 11.6 Å². The quantitative estimate of drug-likeness (QED) is 0.898. The first-order chi connectivity index (χ1) is 8.32. The molecule has 6 heteroatoms. The molecule has 1 N–H and O–H groups in total. The van der Waals surface area contributed by atoms with E-state index in [9.17, 15) is 14.7 Å². The lowest BCUT2D eigenvalue weighted by molar-refractivity contribution is -0.129. The molecule has 0 saturated heterocycles. The molecular weight excluding hydrogens is 256 g/mol. The standard InChI is InChI=1S/C12H15ClN2O3/c1-14(2)11(17)7-15(3)12(18)9-6-8(16)4-5-10(9)13/h4-6,16H,7H2,1-3H3. The third-order valence-corrected chi connectivity index (χ3v) is 2.73. The smallest absolute Gasteiger partial charge is 0.255 e. The van der Waals surface area contributed by atoms with Crippen LogP contribution < -0.4 is 0 Å². The Kier molecular flexibility index (Phi) is 4.55. The van der Waals surface area contributed by atoms with Crippen molar-refractivity contribution in [2.75, 3.05) is 27.7 Å². The van der Waals surface area contributed by atoms with Gasteiger partial charge in [0, 0.05) is 21.1 Å². The second-order valence-electron chi connectivity index (χ2n) is 4.11. The van der Waals surface area contributed by atoms with Crippen LogP contribution >= 0.6 is 11.6 Å². The van der Waals surface area contributed by atoms with Crippen molar-refractivity contribution in [3.63, 3.8) is 0 Å². The van der Waals surface area contributed by atoms with Gasteiger partial charge in [0.05, 0.1) is 17.1 Å². The van der Waals surface area contributed by atoms with E-state index in [1.54, 1.807) is 14.1 Å². The van der Waals surface area contributed by atoms with E-state index in [1.807, 2.05) is 0 Å². The van der Waals surface area contributed by atoms with Gasteiger partial charge in [-0.3, -0.25) is 9.59 Å². The largest absolute Gasteiger partial charge is 0.508 e. The van der Waals surface area contributed by atoms with Crippen molar-refractivity contribution in [1.29, 1.82) is 0 Å². The van der Waals surface area contributed by atoms with Crippen LogP contribution in [-0.4, -0.2) is 54.4 Å². The summed E-state index contributed by atoms with van der Waals surface area (Å²) in [5, 5.41) is 9.57. The van der Waals surface area contributed by atoms with E-state index in [4.69, 9.17) is 11.6 Å². The number of benzene rings is 1. The second kappa shape index (κ2) is 5.73. The van der Waals surface area contributed by atoms with Crippen LogP contribution in [0.1, 0.15) is 10.4 Å². The number of likely N-dealkylation sites (N-methyl/N-ethyl adjacent to an activating group) is 2. The predicted molar refractivity (Wildman–Crippen MR) is 68.8 cm³/mol. The van der Waals surface area contributed by atoms with E-state index >= 15 is 0 Å². The normalized spacial score (nSPS) is 10.0. The molecule has 0 aliphatic heterocycles. The summed E-state index contributed by atoms with van der Waals surface area (Å²) in [6.45, 7) is -0.0438. The Labute approximate surface area is 111 Å². The van der Waals surface area contributed by atoms with E-state index in [0.29, 0.717) is 0 Å². The second-order valence-corrected chi connectivity index (χ2v) is 4.52. The minimum Gasteiger partial charge on any atom is -0.508 e. The van der Waals surface area contributed by atoms with Crippen molar-refractivity contribution in [2.24, 2.45) is 0 Å². The molecular formula is C12H15ClN2O3. The number of aromatic hydroxyl groups is 1. The molecule has 0 radical (unpaired) electrons. The highest BCUT2D eigenvalue weighted by Gasteiger charge is 2.18. The van der Waals surface area contributed by atoms with Gasteiger partial charge in [-0.05, 0) is 18.2 Å². The molecule has 0 saturated carbocycles. The van der Waals surface area contributed by atoms with Gasteiger partial charge >= 0.3 is 0 Å². The van der Waals surface area contributed by atoms with Crippen LogP contribution in [0.15, 0.2) is 18.2 Å². The van der Waals surface area contributed by atoms with Gasteiger partial charge in [0.2, 0.25) is 5.91 Å². The molecule has 0 aliphatic carbocycles. The Bertz CT molecular complexity index is 474. The maximum Gasteiger partial charge on any atom is 0.255 e. The van der Waals surface area contributed by atoms with Gasteiger partial charge in [-0.15, -0.1) is 0 Å². The highest BCUT2D eigenvalue weighted by molar-refractivity contribution is 6.33. The first-order valence-corrected chi connectivity index (χ1v) is 5.65. The Morgan fingerprint density at radius 1 is 1.28 bits per heavy atom. The number of halogens is 1. The fourth-order valence-corrected chi connectivity index (χ4v) is 1.50. The van der Waals surface area contributed by atoms with Crippen molar-refractivity contribution in [2.45, 2.75) is 0 Å². The molecule has 1 aromatic carbocycles. The topological polar surface area (TPSA) is 60.9 Å². The Hall–Kier alpha value is -1.75. The van der Waals surface area contributed by atoms with Crippen molar-refractivity contribution in [3.05, 3.63) is 28.8 Å². The molecule has 1 rings (SSSR count). The monoisotopic (exact) mass is 270 g/mol. The third-order valence-electron chi connectivity index (χ3n) is 2.40. The zero-order chi connectivity index (χ0) is 13.9. The number of phenols is 1. The summed E-state index contributed by atoms with van der Waals surface area (Å²) < 4.78 is 0. The van der Waals surface area contributed by atoms with Crippen LogP contribution in [-0.2, 0) is 4.79 Å². The van der Waals surface area contributed by atoms with Crippen molar-refractivity contribution >= 4 is 23.4 Å². The predicted octanol–water partition coefficient (Wildman–Crippen LogP) is 1.21. The van der Waals surface area contributed by atoms with Crippen LogP contribution in [0.2, 0.25) is 5.02 Å². The molecule has 0 bridgehead atoms. The van der Waals surface area contributed by atoms with Crippen LogP contribution in [0.3, 0.4) is 0 Å². The summed E-state index contributed by atoms with van der Waals surface area (Å²) in [6, 6.07) is 4.11. The van der Waals surface area contributed by atoms with Gasteiger partial charge in [-0.25, -0.2) is 0 Å². The molecule has 0 spiro atoms. The lowest BCUT2D eigenvalue weighted by atomic mass is 10.2. The SMILES string of the molecule is CN(C)C(=O)CN(C)C(=O)c1cc(O)ccc1Cl. The van der Waals surface area contributed by atoms with Crippen LogP contribution in [0.5, 0.6) is 5.75 Å². The number of hydrogen-bond acceptors (Lipinski definition) is 3. The number of nitrogens with zero attached hydrogens (tertiary/aromatic N) is 2. The third kappa shape index (κ3) is 3.37. The van der Waals surface area contributed by atoms with E-state index < -0.39 is 5.91 Å². The van der Waals surface area contributed by atoms with Gasteiger partial charge < -0.3 is 14.9 Å². The number of carbonyl (C=O) groups excluding carboxylic acids is 2. The van der Waals surface area contributed by atoms with E-state index in [-0.39, 0.29) is 28.8 Å². The van der Waals surface area contributed by atoms with Crippen molar-refractivity contribution in [3.8, 4) is 5.75 Å².